The second kappa shape index (κ2) is 11.0. The molecule has 0 amide bonds. The van der Waals surface area contributed by atoms with Gasteiger partial charge in [0.05, 0.1) is 21.8 Å². The van der Waals surface area contributed by atoms with Gasteiger partial charge in [-0.3, -0.25) is 9.36 Å². The van der Waals surface area contributed by atoms with Gasteiger partial charge in [0, 0.05) is 9.37 Å². The van der Waals surface area contributed by atoms with Crippen molar-refractivity contribution in [1.82, 2.24) is 4.57 Å². The van der Waals surface area contributed by atoms with Gasteiger partial charge in [0.25, 0.3) is 5.56 Å². The SMILES string of the molecule is CSc1ccc(C2C(C(=O)OCc3ccccc3)=C(C)N=c3sc(=Cc4cccc(Br)c4)c(=O)n32)cc1. The van der Waals surface area contributed by atoms with Gasteiger partial charge >= 0.3 is 5.97 Å². The molecule has 0 aliphatic carbocycles. The number of thioether (sulfide) groups is 1. The number of fused-ring (bicyclic) bond motifs is 1. The van der Waals surface area contributed by atoms with Crippen molar-refractivity contribution in [2.45, 2.75) is 24.5 Å². The van der Waals surface area contributed by atoms with E-state index in [1.54, 1.807) is 23.3 Å². The molecule has 0 bridgehead atoms. The van der Waals surface area contributed by atoms with Gasteiger partial charge in [-0.05, 0) is 60.2 Å². The van der Waals surface area contributed by atoms with Crippen LogP contribution in [0.5, 0.6) is 0 Å². The third kappa shape index (κ3) is 5.42. The summed E-state index contributed by atoms with van der Waals surface area (Å²) < 4.78 is 8.82. The van der Waals surface area contributed by atoms with E-state index in [1.807, 2.05) is 91.2 Å². The van der Waals surface area contributed by atoms with E-state index in [0.29, 0.717) is 20.6 Å². The zero-order valence-corrected chi connectivity index (χ0v) is 23.4. The number of hydrogen-bond acceptors (Lipinski definition) is 6. The number of carbonyl (C=O) groups excluding carboxylic acids is 1. The van der Waals surface area contributed by atoms with E-state index in [2.05, 4.69) is 20.9 Å². The van der Waals surface area contributed by atoms with Crippen LogP contribution in [-0.4, -0.2) is 16.8 Å². The van der Waals surface area contributed by atoms with Crippen molar-refractivity contribution < 1.29 is 9.53 Å². The maximum Gasteiger partial charge on any atom is 0.338 e. The first-order valence-corrected chi connectivity index (χ1v) is 14.4. The number of esters is 1. The Morgan fingerprint density at radius 1 is 1.11 bits per heavy atom. The lowest BCUT2D eigenvalue weighted by atomic mass is 9.96. The van der Waals surface area contributed by atoms with Crippen molar-refractivity contribution in [3.8, 4) is 0 Å². The summed E-state index contributed by atoms with van der Waals surface area (Å²) in [6.07, 6.45) is 3.87. The van der Waals surface area contributed by atoms with Gasteiger partial charge in [-0.1, -0.05) is 81.9 Å². The number of benzene rings is 3. The molecule has 5 nitrogen and oxygen atoms in total. The first-order valence-electron chi connectivity index (χ1n) is 11.6. The van der Waals surface area contributed by atoms with Gasteiger partial charge in [0.15, 0.2) is 4.80 Å². The Balaban J connectivity index is 1.62. The number of rotatable bonds is 6. The molecule has 0 saturated heterocycles. The number of halogens is 1. The highest BCUT2D eigenvalue weighted by molar-refractivity contribution is 9.10. The van der Waals surface area contributed by atoms with Crippen LogP contribution in [0.15, 0.2) is 109 Å². The Kier molecular flexibility index (Phi) is 7.60. The van der Waals surface area contributed by atoms with Gasteiger partial charge in [0.1, 0.15) is 6.61 Å². The lowest BCUT2D eigenvalue weighted by Crippen LogP contribution is -2.39. The third-order valence-electron chi connectivity index (χ3n) is 6.03. The summed E-state index contributed by atoms with van der Waals surface area (Å²) in [5, 5.41) is 0. The lowest BCUT2D eigenvalue weighted by molar-refractivity contribution is -0.140. The fourth-order valence-electron chi connectivity index (χ4n) is 4.23. The quantitative estimate of drug-likeness (QED) is 0.221. The first kappa shape index (κ1) is 25.4. The highest BCUT2D eigenvalue weighted by Crippen LogP contribution is 2.32. The molecule has 37 heavy (non-hydrogen) atoms. The van der Waals surface area contributed by atoms with Crippen molar-refractivity contribution in [3.05, 3.63) is 131 Å². The van der Waals surface area contributed by atoms with Crippen LogP contribution in [0.25, 0.3) is 6.08 Å². The monoisotopic (exact) mass is 590 g/mol. The van der Waals surface area contributed by atoms with Gasteiger partial charge in [-0.2, -0.15) is 0 Å². The Hall–Kier alpha value is -3.20. The highest BCUT2D eigenvalue weighted by Gasteiger charge is 2.33. The summed E-state index contributed by atoms with van der Waals surface area (Å²) in [4.78, 5) is 33.6. The van der Waals surface area contributed by atoms with Crippen molar-refractivity contribution in [2.24, 2.45) is 4.99 Å². The summed E-state index contributed by atoms with van der Waals surface area (Å²) in [5.41, 5.74) is 3.35. The van der Waals surface area contributed by atoms with Crippen LogP contribution in [0.4, 0.5) is 0 Å². The topological polar surface area (TPSA) is 60.7 Å². The molecular weight excluding hydrogens is 568 g/mol. The molecule has 1 unspecified atom stereocenters. The molecule has 3 aromatic carbocycles. The predicted molar refractivity (Wildman–Crippen MR) is 152 cm³/mol. The second-order valence-corrected chi connectivity index (χ2v) is 11.3. The number of allylic oxidation sites excluding steroid dienone is 1. The minimum atomic E-state index is -0.639. The van der Waals surface area contributed by atoms with Crippen LogP contribution < -0.4 is 14.9 Å². The zero-order chi connectivity index (χ0) is 25.9. The van der Waals surface area contributed by atoms with E-state index in [9.17, 15) is 9.59 Å². The molecule has 186 valence electrons. The van der Waals surface area contributed by atoms with E-state index >= 15 is 0 Å². The van der Waals surface area contributed by atoms with Crippen LogP contribution in [0, 0.1) is 0 Å². The number of hydrogen-bond donors (Lipinski definition) is 0. The maximum absolute atomic E-state index is 13.8. The first-order chi connectivity index (χ1) is 17.9. The van der Waals surface area contributed by atoms with Crippen LogP contribution in [0.3, 0.4) is 0 Å². The fraction of sp³-hybridized carbons (Fsp3) is 0.138. The molecule has 1 aliphatic heterocycles. The molecule has 2 heterocycles. The molecule has 5 rings (SSSR count). The Labute approximate surface area is 231 Å². The number of nitrogens with zero attached hydrogens (tertiary/aromatic N) is 2. The molecule has 1 atom stereocenters. The van der Waals surface area contributed by atoms with Crippen LogP contribution in [0.2, 0.25) is 0 Å². The van der Waals surface area contributed by atoms with Crippen molar-refractivity contribution in [2.75, 3.05) is 6.26 Å². The predicted octanol–water partition coefficient (Wildman–Crippen LogP) is 5.46. The van der Waals surface area contributed by atoms with Crippen LogP contribution in [0.1, 0.15) is 29.7 Å². The summed E-state index contributed by atoms with van der Waals surface area (Å²) in [5.74, 6) is -0.481. The lowest BCUT2D eigenvalue weighted by Gasteiger charge is -2.25. The van der Waals surface area contributed by atoms with Crippen molar-refractivity contribution in [1.29, 1.82) is 0 Å². The van der Waals surface area contributed by atoms with E-state index in [-0.39, 0.29) is 12.2 Å². The Morgan fingerprint density at radius 3 is 2.57 bits per heavy atom. The Morgan fingerprint density at radius 2 is 1.86 bits per heavy atom. The standard InChI is InChI=1S/C29H23BrN2O3S2/c1-18-25(28(34)35-17-19-7-4-3-5-8-19)26(21-11-13-23(36-2)14-12-21)32-27(33)24(37-29(32)31-18)16-20-9-6-10-22(30)15-20/h3-16,26H,17H2,1-2H3. The summed E-state index contributed by atoms with van der Waals surface area (Å²) in [7, 11) is 0. The van der Waals surface area contributed by atoms with Crippen LogP contribution in [-0.2, 0) is 16.1 Å². The van der Waals surface area contributed by atoms with Gasteiger partial charge < -0.3 is 4.74 Å². The average molecular weight is 592 g/mol. The molecule has 0 radical (unpaired) electrons. The molecule has 1 aromatic heterocycles. The fourth-order valence-corrected chi connectivity index (χ4v) is 6.10. The second-order valence-electron chi connectivity index (χ2n) is 8.47. The molecule has 0 fully saturated rings. The number of carbonyl (C=O) groups is 1. The molecule has 4 aromatic rings. The van der Waals surface area contributed by atoms with Crippen molar-refractivity contribution >= 4 is 51.1 Å². The normalized spacial score (nSPS) is 15.3. The summed E-state index contributed by atoms with van der Waals surface area (Å²) in [6, 6.07) is 24.6. The number of thiazole rings is 1. The minimum Gasteiger partial charge on any atom is -0.457 e. The van der Waals surface area contributed by atoms with Gasteiger partial charge in [0.2, 0.25) is 0 Å². The molecule has 8 heteroatoms. The van der Waals surface area contributed by atoms with Gasteiger partial charge in [-0.15, -0.1) is 11.8 Å². The molecule has 0 saturated carbocycles. The molecule has 1 aliphatic rings. The summed E-state index contributed by atoms with van der Waals surface area (Å²) in [6.45, 7) is 1.94. The molecule has 0 N–H and O–H groups in total. The van der Waals surface area contributed by atoms with Crippen LogP contribution >= 0.6 is 39.0 Å². The maximum atomic E-state index is 13.8. The van der Waals surface area contributed by atoms with Gasteiger partial charge in [-0.25, -0.2) is 9.79 Å². The molecular formula is C29H23BrN2O3S2. The number of ether oxygens (including phenoxy) is 1. The highest BCUT2D eigenvalue weighted by atomic mass is 79.9. The van der Waals surface area contributed by atoms with E-state index in [1.165, 1.54) is 11.3 Å². The summed E-state index contributed by atoms with van der Waals surface area (Å²) >= 11 is 6.44. The van der Waals surface area contributed by atoms with E-state index in [4.69, 9.17) is 4.74 Å². The van der Waals surface area contributed by atoms with E-state index in [0.717, 1.165) is 26.1 Å². The molecule has 0 spiro atoms. The largest absolute Gasteiger partial charge is 0.457 e. The average Bonchev–Trinajstić information content (AvgIpc) is 3.21. The zero-order valence-electron chi connectivity index (χ0n) is 20.2. The smallest absolute Gasteiger partial charge is 0.338 e. The third-order valence-corrected chi connectivity index (χ3v) is 8.25. The minimum absolute atomic E-state index is 0.141. The van der Waals surface area contributed by atoms with Crippen molar-refractivity contribution in [3.63, 3.8) is 0 Å². The Bertz CT molecular complexity index is 1670. The van der Waals surface area contributed by atoms with E-state index < -0.39 is 12.0 Å². The number of aromatic nitrogens is 1.